The first-order valence-corrected chi connectivity index (χ1v) is 5.09. The zero-order chi connectivity index (χ0) is 13.1. The summed E-state index contributed by atoms with van der Waals surface area (Å²) in [5, 5.41) is 22.9. The molecule has 0 fully saturated rings. The van der Waals surface area contributed by atoms with Gasteiger partial charge in [-0.1, -0.05) is 0 Å². The minimum absolute atomic E-state index is 0.0838. The van der Waals surface area contributed by atoms with Gasteiger partial charge in [-0.05, 0) is 13.8 Å². The summed E-state index contributed by atoms with van der Waals surface area (Å²) in [6.45, 7) is 3.25. The van der Waals surface area contributed by atoms with Gasteiger partial charge < -0.3 is 9.84 Å². The average Bonchev–Trinajstić information content (AvgIpc) is 2.56. The van der Waals surface area contributed by atoms with Crippen LogP contribution >= 0.6 is 0 Å². The highest BCUT2D eigenvalue weighted by atomic mass is 16.6. The number of esters is 1. The molecule has 0 aromatic rings. The summed E-state index contributed by atoms with van der Waals surface area (Å²) in [6, 6.07) is 1.64. The SMILES string of the molecule is CCOC(=O)C1(O)CC(C)=NN1C(=O)CC#N. The molecule has 0 saturated carbocycles. The van der Waals surface area contributed by atoms with Crippen molar-refractivity contribution < 1.29 is 19.4 Å². The molecule has 1 N–H and O–H groups in total. The van der Waals surface area contributed by atoms with Crippen LogP contribution in [0.5, 0.6) is 0 Å². The van der Waals surface area contributed by atoms with E-state index in [1.54, 1.807) is 19.9 Å². The van der Waals surface area contributed by atoms with Gasteiger partial charge in [-0.15, -0.1) is 0 Å². The lowest BCUT2D eigenvalue weighted by molar-refractivity contribution is -0.189. The average molecular weight is 239 g/mol. The molecule has 0 bridgehead atoms. The van der Waals surface area contributed by atoms with Gasteiger partial charge in [0.2, 0.25) is 0 Å². The summed E-state index contributed by atoms with van der Waals surface area (Å²) in [5.74, 6) is -1.67. The lowest BCUT2D eigenvalue weighted by Crippen LogP contribution is -2.53. The molecule has 0 aromatic carbocycles. The number of hydrogen-bond acceptors (Lipinski definition) is 6. The van der Waals surface area contributed by atoms with E-state index < -0.39 is 24.0 Å². The number of aliphatic hydroxyl groups is 1. The van der Waals surface area contributed by atoms with Crippen molar-refractivity contribution in [3.05, 3.63) is 0 Å². The third-order valence-electron chi connectivity index (χ3n) is 2.19. The Balaban J connectivity index is 2.96. The molecule has 0 aliphatic carbocycles. The third-order valence-corrected chi connectivity index (χ3v) is 2.19. The number of nitrogens with zero attached hydrogens (tertiary/aromatic N) is 3. The molecule has 1 unspecified atom stereocenters. The minimum atomic E-state index is -2.12. The van der Waals surface area contributed by atoms with Crippen molar-refractivity contribution in [3.8, 4) is 6.07 Å². The predicted octanol–water partition coefficient (Wildman–Crippen LogP) is -0.240. The Labute approximate surface area is 98.3 Å². The second-order valence-corrected chi connectivity index (χ2v) is 3.59. The van der Waals surface area contributed by atoms with Crippen LogP contribution in [0, 0.1) is 11.3 Å². The highest BCUT2D eigenvalue weighted by Gasteiger charge is 2.50. The number of hydrazone groups is 1. The normalized spacial score (nSPS) is 22.9. The Hall–Kier alpha value is -1.94. The highest BCUT2D eigenvalue weighted by molar-refractivity contribution is 5.97. The second-order valence-electron chi connectivity index (χ2n) is 3.59. The van der Waals surface area contributed by atoms with Gasteiger partial charge in [-0.3, -0.25) is 4.79 Å². The van der Waals surface area contributed by atoms with Gasteiger partial charge in [0.25, 0.3) is 11.6 Å². The Kier molecular flexibility index (Phi) is 3.81. The Morgan fingerprint density at radius 3 is 2.88 bits per heavy atom. The van der Waals surface area contributed by atoms with Gasteiger partial charge in [0.05, 0.1) is 12.7 Å². The standard InChI is InChI=1S/C10H13N3O4/c1-3-17-9(15)10(16)6-7(2)12-13(10)8(14)4-5-11/h16H,3-4,6H2,1-2H3. The second kappa shape index (κ2) is 4.93. The topological polar surface area (TPSA) is 103 Å². The van der Waals surface area contributed by atoms with Crippen LogP contribution in [-0.2, 0) is 14.3 Å². The van der Waals surface area contributed by atoms with Crippen molar-refractivity contribution in [2.75, 3.05) is 6.61 Å². The molecule has 0 aromatic heterocycles. The summed E-state index contributed by atoms with van der Waals surface area (Å²) in [4.78, 5) is 23.2. The maximum Gasteiger partial charge on any atom is 0.362 e. The lowest BCUT2D eigenvalue weighted by atomic mass is 10.1. The van der Waals surface area contributed by atoms with Crippen LogP contribution in [0.3, 0.4) is 0 Å². The van der Waals surface area contributed by atoms with Crippen LogP contribution < -0.4 is 0 Å². The molecule has 1 rings (SSSR count). The molecule has 1 aliphatic rings. The Morgan fingerprint density at radius 2 is 2.35 bits per heavy atom. The van der Waals surface area contributed by atoms with Crippen LogP contribution in [0.2, 0.25) is 0 Å². The van der Waals surface area contributed by atoms with Crippen LogP contribution in [0.4, 0.5) is 0 Å². The zero-order valence-electron chi connectivity index (χ0n) is 9.63. The number of carbonyl (C=O) groups is 2. The summed E-state index contributed by atoms with van der Waals surface area (Å²) in [5.41, 5.74) is -1.69. The number of amides is 1. The van der Waals surface area contributed by atoms with Crippen LogP contribution in [0.25, 0.3) is 0 Å². The third kappa shape index (κ3) is 2.42. The molecule has 17 heavy (non-hydrogen) atoms. The largest absolute Gasteiger partial charge is 0.462 e. The first-order chi connectivity index (χ1) is 7.95. The highest BCUT2D eigenvalue weighted by Crippen LogP contribution is 2.27. The molecule has 1 aliphatic heterocycles. The molecule has 1 amide bonds. The molecule has 0 spiro atoms. The molecule has 1 heterocycles. The van der Waals surface area contributed by atoms with Crippen LogP contribution in [0.1, 0.15) is 26.7 Å². The van der Waals surface area contributed by atoms with Gasteiger partial charge >= 0.3 is 5.97 Å². The van der Waals surface area contributed by atoms with Crippen molar-refractivity contribution >= 4 is 17.6 Å². The Morgan fingerprint density at radius 1 is 1.71 bits per heavy atom. The van der Waals surface area contributed by atoms with E-state index in [0.717, 1.165) is 0 Å². The summed E-state index contributed by atoms with van der Waals surface area (Å²) >= 11 is 0. The van der Waals surface area contributed by atoms with E-state index >= 15 is 0 Å². The van der Waals surface area contributed by atoms with E-state index in [4.69, 9.17) is 10.00 Å². The maximum atomic E-state index is 11.6. The molecular weight excluding hydrogens is 226 g/mol. The fourth-order valence-electron chi connectivity index (χ4n) is 1.53. The molecule has 7 nitrogen and oxygen atoms in total. The van der Waals surface area contributed by atoms with Gasteiger partial charge in [0.15, 0.2) is 0 Å². The van der Waals surface area contributed by atoms with Crippen molar-refractivity contribution in [2.45, 2.75) is 32.4 Å². The zero-order valence-corrected chi connectivity index (χ0v) is 9.63. The van der Waals surface area contributed by atoms with E-state index in [9.17, 15) is 14.7 Å². The monoisotopic (exact) mass is 239 g/mol. The number of nitriles is 1. The van der Waals surface area contributed by atoms with Gasteiger partial charge in [-0.25, -0.2) is 4.79 Å². The first-order valence-electron chi connectivity index (χ1n) is 5.09. The number of carbonyl (C=O) groups excluding carboxylic acids is 2. The van der Waals surface area contributed by atoms with E-state index in [0.29, 0.717) is 10.7 Å². The first kappa shape index (κ1) is 13.1. The van der Waals surface area contributed by atoms with E-state index in [1.807, 2.05) is 0 Å². The lowest BCUT2D eigenvalue weighted by Gasteiger charge is -2.27. The number of hydrogen-bond donors (Lipinski definition) is 1. The van der Waals surface area contributed by atoms with E-state index in [-0.39, 0.29) is 13.0 Å². The van der Waals surface area contributed by atoms with Crippen molar-refractivity contribution in [1.29, 1.82) is 5.26 Å². The fraction of sp³-hybridized carbons (Fsp3) is 0.600. The summed E-state index contributed by atoms with van der Waals surface area (Å²) < 4.78 is 4.70. The minimum Gasteiger partial charge on any atom is -0.462 e. The van der Waals surface area contributed by atoms with E-state index in [1.165, 1.54) is 0 Å². The maximum absolute atomic E-state index is 11.6. The van der Waals surface area contributed by atoms with Gasteiger partial charge in [0.1, 0.15) is 6.42 Å². The Bertz CT molecular complexity index is 412. The van der Waals surface area contributed by atoms with Crippen molar-refractivity contribution in [1.82, 2.24) is 5.01 Å². The van der Waals surface area contributed by atoms with Crippen LogP contribution in [-0.4, -0.2) is 40.0 Å². The van der Waals surface area contributed by atoms with Gasteiger partial charge in [-0.2, -0.15) is 15.4 Å². The molecule has 92 valence electrons. The molecule has 0 saturated heterocycles. The smallest absolute Gasteiger partial charge is 0.362 e. The van der Waals surface area contributed by atoms with E-state index in [2.05, 4.69) is 5.10 Å². The summed E-state index contributed by atoms with van der Waals surface area (Å²) in [6.07, 6.45) is -0.568. The molecular formula is C10H13N3O4. The quantitative estimate of drug-likeness (QED) is 0.684. The van der Waals surface area contributed by atoms with Crippen LogP contribution in [0.15, 0.2) is 5.10 Å². The molecule has 7 heteroatoms. The summed E-state index contributed by atoms with van der Waals surface area (Å²) in [7, 11) is 0. The molecule has 0 radical (unpaired) electrons. The molecule has 1 atom stereocenters. The predicted molar refractivity (Wildman–Crippen MR) is 56.4 cm³/mol. The van der Waals surface area contributed by atoms with Crippen molar-refractivity contribution in [2.24, 2.45) is 5.10 Å². The number of rotatable bonds is 3. The van der Waals surface area contributed by atoms with Gasteiger partial charge in [0, 0.05) is 12.1 Å². The van der Waals surface area contributed by atoms with Crippen molar-refractivity contribution in [3.63, 3.8) is 0 Å². The fourth-order valence-corrected chi connectivity index (χ4v) is 1.53. The number of ether oxygens (including phenoxy) is 1.